The first kappa shape index (κ1) is 23.0. The number of methoxy groups -OCH3 is 1. The molecule has 32 heavy (non-hydrogen) atoms. The van der Waals surface area contributed by atoms with Gasteiger partial charge in [0.25, 0.3) is 5.91 Å². The maximum Gasteiger partial charge on any atom is 0.254 e. The van der Waals surface area contributed by atoms with E-state index in [4.69, 9.17) is 21.1 Å². The fourth-order valence-corrected chi connectivity index (χ4v) is 2.90. The first-order valence-electron chi connectivity index (χ1n) is 9.50. The number of halogens is 3. The van der Waals surface area contributed by atoms with Crippen LogP contribution in [0.3, 0.4) is 0 Å². The van der Waals surface area contributed by atoms with Crippen LogP contribution in [-0.4, -0.2) is 25.5 Å². The number of rotatable bonds is 8. The quantitative estimate of drug-likeness (QED) is 0.485. The summed E-state index contributed by atoms with van der Waals surface area (Å²) in [4.78, 5) is 24.4. The van der Waals surface area contributed by atoms with Gasteiger partial charge in [-0.3, -0.25) is 9.59 Å². The molecular formula is C23H19ClF2N2O4. The number of nitrogens with one attached hydrogen (secondary N) is 2. The molecule has 0 aliphatic heterocycles. The molecule has 0 saturated carbocycles. The molecule has 9 heteroatoms. The molecule has 0 atom stereocenters. The Labute approximate surface area is 188 Å². The van der Waals surface area contributed by atoms with Crippen LogP contribution < -0.4 is 20.1 Å². The number of anilines is 1. The first-order valence-corrected chi connectivity index (χ1v) is 9.88. The van der Waals surface area contributed by atoms with Crippen molar-refractivity contribution in [1.82, 2.24) is 5.32 Å². The van der Waals surface area contributed by atoms with Gasteiger partial charge in [0.15, 0.2) is 5.75 Å². The summed E-state index contributed by atoms with van der Waals surface area (Å²) < 4.78 is 37.5. The summed E-state index contributed by atoms with van der Waals surface area (Å²) in [5.41, 5.74) is 0.0334. The molecule has 3 rings (SSSR count). The van der Waals surface area contributed by atoms with Crippen molar-refractivity contribution in [3.8, 4) is 17.2 Å². The molecule has 0 bridgehead atoms. The van der Waals surface area contributed by atoms with E-state index in [2.05, 4.69) is 10.6 Å². The highest BCUT2D eigenvalue weighted by Gasteiger charge is 2.14. The van der Waals surface area contributed by atoms with E-state index in [9.17, 15) is 18.4 Å². The van der Waals surface area contributed by atoms with Gasteiger partial charge >= 0.3 is 0 Å². The Morgan fingerprint density at radius 1 is 0.969 bits per heavy atom. The van der Waals surface area contributed by atoms with Gasteiger partial charge in [0.1, 0.15) is 23.1 Å². The standard InChI is InChI=1S/C23H19ClF2N2O4/c1-31-16-4-6-17(7-5-16)32-21-9-2-14(24)12-20(21)28-22(29)10-11-27-23(30)18-8-3-15(25)13-19(18)26/h2-9,12-13H,10-11H2,1H3,(H,27,30)(H,28,29). The van der Waals surface area contributed by atoms with E-state index in [-0.39, 0.29) is 18.5 Å². The van der Waals surface area contributed by atoms with Crippen LogP contribution in [-0.2, 0) is 4.79 Å². The molecule has 3 aromatic carbocycles. The van der Waals surface area contributed by atoms with Crippen LogP contribution >= 0.6 is 11.6 Å². The number of hydrogen-bond acceptors (Lipinski definition) is 4. The van der Waals surface area contributed by atoms with Crippen LogP contribution in [0.15, 0.2) is 60.7 Å². The van der Waals surface area contributed by atoms with Crippen LogP contribution in [0.5, 0.6) is 17.2 Å². The minimum absolute atomic E-state index is 0.0588. The topological polar surface area (TPSA) is 76.7 Å². The van der Waals surface area contributed by atoms with Crippen molar-refractivity contribution in [2.24, 2.45) is 0 Å². The summed E-state index contributed by atoms with van der Waals surface area (Å²) >= 11 is 6.04. The first-order chi connectivity index (χ1) is 15.4. The van der Waals surface area contributed by atoms with Crippen molar-refractivity contribution >= 4 is 29.1 Å². The molecule has 0 saturated heterocycles. The Bertz CT molecular complexity index is 1120. The van der Waals surface area contributed by atoms with Gasteiger partial charge in [-0.15, -0.1) is 0 Å². The van der Waals surface area contributed by atoms with Crippen molar-refractivity contribution < 1.29 is 27.8 Å². The maximum absolute atomic E-state index is 13.7. The van der Waals surface area contributed by atoms with Crippen molar-refractivity contribution in [3.05, 3.63) is 82.9 Å². The predicted molar refractivity (Wildman–Crippen MR) is 116 cm³/mol. The summed E-state index contributed by atoms with van der Waals surface area (Å²) in [5, 5.41) is 5.49. The summed E-state index contributed by atoms with van der Waals surface area (Å²) in [6, 6.07) is 14.3. The molecule has 0 heterocycles. The van der Waals surface area contributed by atoms with Gasteiger partial charge in [-0.05, 0) is 54.6 Å². The Morgan fingerprint density at radius 3 is 2.38 bits per heavy atom. The van der Waals surface area contributed by atoms with Crippen LogP contribution in [0.4, 0.5) is 14.5 Å². The van der Waals surface area contributed by atoms with E-state index >= 15 is 0 Å². The van der Waals surface area contributed by atoms with E-state index < -0.39 is 23.4 Å². The van der Waals surface area contributed by atoms with Gasteiger partial charge < -0.3 is 20.1 Å². The highest BCUT2D eigenvalue weighted by Crippen LogP contribution is 2.32. The lowest BCUT2D eigenvalue weighted by atomic mass is 10.2. The van der Waals surface area contributed by atoms with Crippen molar-refractivity contribution in [3.63, 3.8) is 0 Å². The molecule has 3 aromatic rings. The molecule has 0 spiro atoms. The third kappa shape index (κ3) is 6.18. The van der Waals surface area contributed by atoms with Gasteiger partial charge in [0.2, 0.25) is 5.91 Å². The Kier molecular flexibility index (Phi) is 7.62. The number of ether oxygens (including phenoxy) is 2. The minimum Gasteiger partial charge on any atom is -0.497 e. The van der Waals surface area contributed by atoms with E-state index in [1.807, 2.05) is 0 Å². The van der Waals surface area contributed by atoms with E-state index in [0.717, 1.165) is 12.1 Å². The Morgan fingerprint density at radius 2 is 1.69 bits per heavy atom. The molecule has 166 valence electrons. The second-order valence-corrected chi connectivity index (χ2v) is 7.03. The minimum atomic E-state index is -0.980. The lowest BCUT2D eigenvalue weighted by Gasteiger charge is -2.13. The molecule has 0 aromatic heterocycles. The summed E-state index contributed by atoms with van der Waals surface area (Å²) in [6.45, 7) is -0.0588. The molecule has 0 aliphatic carbocycles. The normalized spacial score (nSPS) is 10.4. The SMILES string of the molecule is COc1ccc(Oc2ccc(Cl)cc2NC(=O)CCNC(=O)c2ccc(F)cc2F)cc1. The van der Waals surface area contributed by atoms with Gasteiger partial charge in [0, 0.05) is 24.1 Å². The fourth-order valence-electron chi connectivity index (χ4n) is 2.73. The molecule has 2 amide bonds. The summed E-state index contributed by atoms with van der Waals surface area (Å²) in [7, 11) is 1.56. The number of amides is 2. The monoisotopic (exact) mass is 460 g/mol. The van der Waals surface area contributed by atoms with E-state index in [1.165, 1.54) is 6.07 Å². The number of hydrogen-bond donors (Lipinski definition) is 2. The molecule has 6 nitrogen and oxygen atoms in total. The smallest absolute Gasteiger partial charge is 0.254 e. The Balaban J connectivity index is 1.59. The molecule has 0 aliphatic rings. The van der Waals surface area contributed by atoms with Crippen LogP contribution in [0.25, 0.3) is 0 Å². The average Bonchev–Trinajstić information content (AvgIpc) is 2.76. The predicted octanol–water partition coefficient (Wildman–Crippen LogP) is 5.18. The summed E-state index contributed by atoms with van der Waals surface area (Å²) in [6.07, 6.45) is -0.0942. The van der Waals surface area contributed by atoms with Crippen LogP contribution in [0.2, 0.25) is 5.02 Å². The highest BCUT2D eigenvalue weighted by molar-refractivity contribution is 6.31. The zero-order valence-corrected chi connectivity index (χ0v) is 17.7. The molecule has 0 radical (unpaired) electrons. The lowest BCUT2D eigenvalue weighted by molar-refractivity contribution is -0.116. The van der Waals surface area contributed by atoms with Crippen molar-refractivity contribution in [2.75, 3.05) is 19.0 Å². The number of carbonyl (C=O) groups is 2. The third-order valence-corrected chi connectivity index (χ3v) is 4.55. The fraction of sp³-hybridized carbons (Fsp3) is 0.130. The number of benzene rings is 3. The van der Waals surface area contributed by atoms with Crippen LogP contribution in [0.1, 0.15) is 16.8 Å². The molecule has 2 N–H and O–H groups in total. The second kappa shape index (κ2) is 10.6. The van der Waals surface area contributed by atoms with E-state index in [0.29, 0.717) is 34.0 Å². The lowest BCUT2D eigenvalue weighted by Crippen LogP contribution is -2.28. The third-order valence-electron chi connectivity index (χ3n) is 4.32. The molecule has 0 unspecified atom stereocenters. The van der Waals surface area contributed by atoms with Crippen molar-refractivity contribution in [1.29, 1.82) is 0 Å². The molecular weight excluding hydrogens is 442 g/mol. The summed E-state index contributed by atoms with van der Waals surface area (Å²) in [5.74, 6) is -1.38. The zero-order chi connectivity index (χ0) is 23.1. The van der Waals surface area contributed by atoms with Crippen molar-refractivity contribution in [2.45, 2.75) is 6.42 Å². The Hall–Kier alpha value is -3.65. The zero-order valence-electron chi connectivity index (χ0n) is 17.0. The number of carbonyl (C=O) groups excluding carboxylic acids is 2. The second-order valence-electron chi connectivity index (χ2n) is 6.60. The van der Waals surface area contributed by atoms with E-state index in [1.54, 1.807) is 43.5 Å². The van der Waals surface area contributed by atoms with Gasteiger partial charge in [0.05, 0.1) is 18.4 Å². The molecule has 0 fully saturated rings. The van der Waals surface area contributed by atoms with Gasteiger partial charge in [-0.2, -0.15) is 0 Å². The van der Waals surface area contributed by atoms with Gasteiger partial charge in [-0.25, -0.2) is 8.78 Å². The maximum atomic E-state index is 13.7. The average molecular weight is 461 g/mol. The van der Waals surface area contributed by atoms with Crippen LogP contribution in [0, 0.1) is 11.6 Å². The highest BCUT2D eigenvalue weighted by atomic mass is 35.5. The van der Waals surface area contributed by atoms with Gasteiger partial charge in [-0.1, -0.05) is 11.6 Å². The largest absolute Gasteiger partial charge is 0.497 e.